The molecule has 1 saturated heterocycles. The van der Waals surface area contributed by atoms with Crippen LogP contribution in [-0.4, -0.2) is 30.8 Å². The molecule has 21 heavy (non-hydrogen) atoms. The second-order valence-electron chi connectivity index (χ2n) is 6.56. The fourth-order valence-corrected chi connectivity index (χ4v) is 4.86. The van der Waals surface area contributed by atoms with Crippen molar-refractivity contribution in [2.75, 3.05) is 18.8 Å². The summed E-state index contributed by atoms with van der Waals surface area (Å²) in [4.78, 5) is 3.34. The van der Waals surface area contributed by atoms with Gasteiger partial charge < -0.3 is 10.7 Å². The minimum Gasteiger partial charge on any atom is -0.399 e. The molecule has 6 heteroatoms. The number of nitrogen functional groups attached to an aromatic ring is 1. The van der Waals surface area contributed by atoms with Gasteiger partial charge in [-0.1, -0.05) is 13.8 Å². The van der Waals surface area contributed by atoms with Crippen molar-refractivity contribution in [3.05, 3.63) is 24.4 Å². The molecule has 0 amide bonds. The molecule has 0 saturated carbocycles. The Hall–Kier alpha value is -1.53. The number of nitrogens with zero attached hydrogens (tertiary/aromatic N) is 1. The smallest absolute Gasteiger partial charge is 0.245 e. The van der Waals surface area contributed by atoms with E-state index in [2.05, 4.69) is 18.8 Å². The van der Waals surface area contributed by atoms with Crippen molar-refractivity contribution in [2.45, 2.75) is 31.6 Å². The fraction of sp³-hybridized carbons (Fsp3) is 0.467. The molecule has 3 rings (SSSR count). The molecule has 114 valence electrons. The number of hydrogen-bond acceptors (Lipinski definition) is 3. The van der Waals surface area contributed by atoms with Gasteiger partial charge in [-0.05, 0) is 36.5 Å². The minimum absolute atomic E-state index is 0.0243. The van der Waals surface area contributed by atoms with E-state index in [1.165, 1.54) is 0 Å². The number of rotatable bonds is 2. The molecule has 5 nitrogen and oxygen atoms in total. The third-order valence-corrected chi connectivity index (χ3v) is 6.04. The van der Waals surface area contributed by atoms with Crippen molar-refractivity contribution >= 4 is 26.6 Å². The first-order chi connectivity index (χ1) is 9.79. The predicted molar refractivity (Wildman–Crippen MR) is 84.5 cm³/mol. The summed E-state index contributed by atoms with van der Waals surface area (Å²) in [7, 11) is -3.49. The van der Waals surface area contributed by atoms with E-state index in [0.717, 1.165) is 18.4 Å². The number of fused-ring (bicyclic) bond motifs is 1. The van der Waals surface area contributed by atoms with Crippen LogP contribution in [0, 0.1) is 5.41 Å². The molecule has 2 heterocycles. The van der Waals surface area contributed by atoms with Crippen molar-refractivity contribution in [3.8, 4) is 0 Å². The van der Waals surface area contributed by atoms with Crippen molar-refractivity contribution in [3.63, 3.8) is 0 Å². The number of piperidine rings is 1. The summed E-state index contributed by atoms with van der Waals surface area (Å²) in [5.74, 6) is 0. The van der Waals surface area contributed by atoms with Gasteiger partial charge in [-0.2, -0.15) is 4.31 Å². The first-order valence-corrected chi connectivity index (χ1v) is 8.60. The quantitative estimate of drug-likeness (QED) is 0.837. The van der Waals surface area contributed by atoms with Crippen molar-refractivity contribution in [1.29, 1.82) is 0 Å². The molecule has 0 aliphatic carbocycles. The van der Waals surface area contributed by atoms with Gasteiger partial charge >= 0.3 is 0 Å². The van der Waals surface area contributed by atoms with Crippen molar-refractivity contribution in [1.82, 2.24) is 9.29 Å². The molecule has 1 aliphatic heterocycles. The molecular formula is C15H21N3O2S. The van der Waals surface area contributed by atoms with E-state index in [1.807, 2.05) is 6.07 Å². The van der Waals surface area contributed by atoms with Gasteiger partial charge in [0.1, 0.15) is 4.90 Å². The Kier molecular flexibility index (Phi) is 3.26. The summed E-state index contributed by atoms with van der Waals surface area (Å²) in [6.45, 7) is 5.37. The van der Waals surface area contributed by atoms with Crippen LogP contribution >= 0.6 is 0 Å². The molecule has 1 aromatic heterocycles. The largest absolute Gasteiger partial charge is 0.399 e. The summed E-state index contributed by atoms with van der Waals surface area (Å²) in [6.07, 6.45) is 3.53. The van der Waals surface area contributed by atoms with Crippen LogP contribution in [0.4, 0.5) is 5.69 Å². The first kappa shape index (κ1) is 14.4. The van der Waals surface area contributed by atoms with Gasteiger partial charge in [0, 0.05) is 35.9 Å². The Morgan fingerprint density at radius 2 is 2.10 bits per heavy atom. The van der Waals surface area contributed by atoms with E-state index in [1.54, 1.807) is 22.6 Å². The van der Waals surface area contributed by atoms with E-state index in [9.17, 15) is 8.42 Å². The summed E-state index contributed by atoms with van der Waals surface area (Å²) < 4.78 is 27.5. The highest BCUT2D eigenvalue weighted by Crippen LogP contribution is 2.34. The lowest BCUT2D eigenvalue weighted by Crippen LogP contribution is -2.43. The van der Waals surface area contributed by atoms with Gasteiger partial charge in [-0.3, -0.25) is 0 Å². The molecule has 0 bridgehead atoms. The van der Waals surface area contributed by atoms with Gasteiger partial charge in [0.25, 0.3) is 0 Å². The first-order valence-electron chi connectivity index (χ1n) is 7.16. The van der Waals surface area contributed by atoms with Gasteiger partial charge in [0.15, 0.2) is 0 Å². The van der Waals surface area contributed by atoms with E-state index in [-0.39, 0.29) is 5.41 Å². The van der Waals surface area contributed by atoms with Crippen molar-refractivity contribution in [2.24, 2.45) is 5.41 Å². The Morgan fingerprint density at radius 1 is 1.33 bits per heavy atom. The molecule has 2 aromatic rings. The lowest BCUT2D eigenvalue weighted by molar-refractivity contribution is 0.187. The number of benzene rings is 1. The van der Waals surface area contributed by atoms with E-state index in [4.69, 9.17) is 5.73 Å². The van der Waals surface area contributed by atoms with Crippen LogP contribution < -0.4 is 5.73 Å². The van der Waals surface area contributed by atoms with E-state index in [0.29, 0.717) is 29.1 Å². The van der Waals surface area contributed by atoms with E-state index >= 15 is 0 Å². The molecular weight excluding hydrogens is 286 g/mol. The highest BCUT2D eigenvalue weighted by Gasteiger charge is 2.35. The number of H-pyrrole nitrogens is 1. The fourth-order valence-electron chi connectivity index (χ4n) is 3.04. The normalized spacial score (nSPS) is 19.9. The number of nitrogens with two attached hydrogens (primary N) is 1. The molecule has 0 spiro atoms. The summed E-state index contributed by atoms with van der Waals surface area (Å²) >= 11 is 0. The molecule has 0 radical (unpaired) electrons. The molecule has 3 N–H and O–H groups in total. The van der Waals surface area contributed by atoms with Gasteiger partial charge in [-0.15, -0.1) is 0 Å². The second kappa shape index (κ2) is 4.74. The average Bonchev–Trinajstić information content (AvgIpc) is 2.81. The van der Waals surface area contributed by atoms with Crippen molar-refractivity contribution < 1.29 is 8.42 Å². The predicted octanol–water partition coefficient (Wildman–Crippen LogP) is 2.56. The summed E-state index contributed by atoms with van der Waals surface area (Å²) in [5, 5.41) is 0.665. The van der Waals surface area contributed by atoms with Crippen LogP contribution in [0.25, 0.3) is 10.9 Å². The Labute approximate surface area is 125 Å². The average molecular weight is 307 g/mol. The Morgan fingerprint density at radius 3 is 2.81 bits per heavy atom. The zero-order valence-corrected chi connectivity index (χ0v) is 13.2. The maximum Gasteiger partial charge on any atom is 0.245 e. The molecule has 0 atom stereocenters. The van der Waals surface area contributed by atoms with Crippen LogP contribution in [-0.2, 0) is 10.0 Å². The van der Waals surface area contributed by atoms with Crippen LogP contribution in [0.2, 0.25) is 0 Å². The highest BCUT2D eigenvalue weighted by atomic mass is 32.2. The zero-order valence-electron chi connectivity index (χ0n) is 12.4. The number of aromatic nitrogens is 1. The summed E-state index contributed by atoms with van der Waals surface area (Å²) in [5.41, 5.74) is 7.18. The van der Waals surface area contributed by atoms with Gasteiger partial charge in [-0.25, -0.2) is 8.42 Å². The maximum atomic E-state index is 12.9. The summed E-state index contributed by atoms with van der Waals surface area (Å²) in [6, 6.07) is 5.29. The Bertz CT molecular complexity index is 777. The zero-order chi connectivity index (χ0) is 15.3. The van der Waals surface area contributed by atoms with Crippen LogP contribution in [0.5, 0.6) is 0 Å². The number of aromatic amines is 1. The van der Waals surface area contributed by atoms with Crippen LogP contribution in [0.3, 0.4) is 0 Å². The van der Waals surface area contributed by atoms with Crippen LogP contribution in [0.15, 0.2) is 29.3 Å². The molecule has 0 unspecified atom stereocenters. The lowest BCUT2D eigenvalue weighted by Gasteiger charge is -2.37. The number of nitrogens with one attached hydrogen (secondary N) is 1. The van der Waals surface area contributed by atoms with Gasteiger partial charge in [0.05, 0.1) is 0 Å². The maximum absolute atomic E-state index is 12.9. The van der Waals surface area contributed by atoms with Crippen LogP contribution in [0.1, 0.15) is 26.7 Å². The third kappa shape index (κ3) is 2.53. The highest BCUT2D eigenvalue weighted by molar-refractivity contribution is 7.89. The molecule has 1 aliphatic rings. The van der Waals surface area contributed by atoms with E-state index < -0.39 is 10.0 Å². The SMILES string of the molecule is CC1(C)CCCN(S(=O)(=O)c2c[nH]c3ccc(N)cc23)C1. The lowest BCUT2D eigenvalue weighted by atomic mass is 9.85. The molecule has 1 fully saturated rings. The standard InChI is InChI=1S/C15H21N3O2S/c1-15(2)6-3-7-18(10-15)21(19,20)14-9-17-13-5-4-11(16)8-12(13)14/h4-5,8-9,17H,3,6-7,10,16H2,1-2H3. The Balaban J connectivity index is 2.06. The number of anilines is 1. The topological polar surface area (TPSA) is 79.2 Å². The second-order valence-corrected chi connectivity index (χ2v) is 8.47. The number of hydrogen-bond donors (Lipinski definition) is 2. The monoisotopic (exact) mass is 307 g/mol. The van der Waals surface area contributed by atoms with Gasteiger partial charge in [0.2, 0.25) is 10.0 Å². The number of sulfonamides is 1. The minimum atomic E-state index is -3.49. The third-order valence-electron chi connectivity index (χ3n) is 4.15. The molecule has 1 aromatic carbocycles.